The number of aliphatic hydroxyl groups excluding tert-OH is 1. The van der Waals surface area contributed by atoms with Crippen LogP contribution >= 0.6 is 0 Å². The Balaban J connectivity index is 1.72. The van der Waals surface area contributed by atoms with Crippen LogP contribution < -0.4 is 15.5 Å². The van der Waals surface area contributed by atoms with Gasteiger partial charge in [-0.05, 0) is 24.3 Å². The molecule has 124 valence electrons. The second-order valence-electron chi connectivity index (χ2n) is 4.84. The highest BCUT2D eigenvalue weighted by Gasteiger charge is 2.33. The Morgan fingerprint density at radius 2 is 2.00 bits per heavy atom. The van der Waals surface area contributed by atoms with Gasteiger partial charge in [-0.15, -0.1) is 0 Å². The molecule has 1 fully saturated rings. The Labute approximate surface area is 131 Å². The highest BCUT2D eigenvalue weighted by Crippen LogP contribution is 2.12. The zero-order valence-corrected chi connectivity index (χ0v) is 12.2. The van der Waals surface area contributed by atoms with Crippen molar-refractivity contribution in [3.8, 4) is 5.75 Å². The van der Waals surface area contributed by atoms with Gasteiger partial charge in [0.25, 0.3) is 11.8 Å². The molecule has 1 heterocycles. The summed E-state index contributed by atoms with van der Waals surface area (Å²) in [4.78, 5) is 35.3. The van der Waals surface area contributed by atoms with Gasteiger partial charge in [0, 0.05) is 18.5 Å². The first-order valence-corrected chi connectivity index (χ1v) is 6.97. The summed E-state index contributed by atoms with van der Waals surface area (Å²) in [6, 6.07) is 5.48. The molecule has 9 nitrogen and oxygen atoms in total. The van der Waals surface area contributed by atoms with Gasteiger partial charge in [0.15, 0.2) is 0 Å². The van der Waals surface area contributed by atoms with Gasteiger partial charge in [-0.3, -0.25) is 19.7 Å². The monoisotopic (exact) mass is 323 g/mol. The van der Waals surface area contributed by atoms with E-state index in [1.807, 2.05) is 0 Å². The number of carbonyl (C=O) groups excluding carboxylic acids is 3. The minimum absolute atomic E-state index is 0.169. The molecule has 1 aliphatic rings. The molecular weight excluding hydrogens is 306 g/mol. The van der Waals surface area contributed by atoms with E-state index in [4.69, 9.17) is 9.94 Å². The van der Waals surface area contributed by atoms with E-state index in [2.05, 4.69) is 5.32 Å². The van der Waals surface area contributed by atoms with Crippen molar-refractivity contribution in [1.82, 2.24) is 15.7 Å². The van der Waals surface area contributed by atoms with Crippen molar-refractivity contribution in [2.45, 2.75) is 12.5 Å². The standard InChI is InChI=1S/C14H17N3O6/c18-11-5-7-17(13(11)20)14(21)15-6-8-23-10-3-1-9(2-4-10)12(19)16-22/h1-4,11,18,22H,5-8H2,(H,15,21)(H,16,19)/t11-/m1/s1. The van der Waals surface area contributed by atoms with Crippen molar-refractivity contribution in [1.29, 1.82) is 0 Å². The fourth-order valence-corrected chi connectivity index (χ4v) is 2.06. The van der Waals surface area contributed by atoms with Crippen LogP contribution in [0.4, 0.5) is 4.79 Å². The van der Waals surface area contributed by atoms with Crippen molar-refractivity contribution < 1.29 is 29.4 Å². The molecule has 1 aromatic rings. The van der Waals surface area contributed by atoms with Crippen molar-refractivity contribution in [3.63, 3.8) is 0 Å². The predicted octanol–water partition coefficient (Wildman–Crippen LogP) is -0.513. The predicted molar refractivity (Wildman–Crippen MR) is 76.9 cm³/mol. The van der Waals surface area contributed by atoms with E-state index in [1.54, 1.807) is 12.1 Å². The molecule has 23 heavy (non-hydrogen) atoms. The Kier molecular flexibility index (Phi) is 5.50. The average Bonchev–Trinajstić information content (AvgIpc) is 2.90. The van der Waals surface area contributed by atoms with Gasteiger partial charge in [0.2, 0.25) is 0 Å². The maximum Gasteiger partial charge on any atom is 0.324 e. The summed E-state index contributed by atoms with van der Waals surface area (Å²) in [5.41, 5.74) is 1.80. The number of aliphatic hydroxyl groups is 1. The molecule has 1 saturated heterocycles. The molecule has 1 atom stereocenters. The van der Waals surface area contributed by atoms with Gasteiger partial charge in [0.05, 0.1) is 6.54 Å². The fraction of sp³-hybridized carbons (Fsp3) is 0.357. The number of rotatable bonds is 5. The van der Waals surface area contributed by atoms with Gasteiger partial charge in [0.1, 0.15) is 18.5 Å². The number of hydroxylamine groups is 1. The van der Waals surface area contributed by atoms with E-state index in [9.17, 15) is 19.5 Å². The molecule has 0 aromatic heterocycles. The topological polar surface area (TPSA) is 128 Å². The van der Waals surface area contributed by atoms with Gasteiger partial charge in [-0.2, -0.15) is 0 Å². The summed E-state index contributed by atoms with van der Waals surface area (Å²) in [6.07, 6.45) is -0.858. The van der Waals surface area contributed by atoms with Crippen LogP contribution in [0.1, 0.15) is 16.8 Å². The summed E-state index contributed by atoms with van der Waals surface area (Å²) in [5, 5.41) is 20.3. The van der Waals surface area contributed by atoms with Crippen LogP contribution in [0.5, 0.6) is 5.75 Å². The van der Waals surface area contributed by atoms with Crippen molar-refractivity contribution in [2.24, 2.45) is 0 Å². The average molecular weight is 323 g/mol. The lowest BCUT2D eigenvalue weighted by Crippen LogP contribution is -2.43. The number of hydrogen-bond acceptors (Lipinski definition) is 6. The molecule has 4 N–H and O–H groups in total. The van der Waals surface area contributed by atoms with Crippen LogP contribution in [0.2, 0.25) is 0 Å². The zero-order valence-electron chi connectivity index (χ0n) is 12.2. The van der Waals surface area contributed by atoms with Crippen LogP contribution in [0, 0.1) is 0 Å². The number of likely N-dealkylation sites (tertiary alicyclic amines) is 1. The van der Waals surface area contributed by atoms with Gasteiger partial charge >= 0.3 is 6.03 Å². The van der Waals surface area contributed by atoms with Crippen LogP contribution in [-0.2, 0) is 4.79 Å². The number of urea groups is 1. The van der Waals surface area contributed by atoms with Crippen LogP contribution in [0.25, 0.3) is 0 Å². The molecule has 0 bridgehead atoms. The van der Waals surface area contributed by atoms with E-state index in [0.29, 0.717) is 5.75 Å². The maximum atomic E-state index is 11.7. The van der Waals surface area contributed by atoms with Crippen LogP contribution in [0.15, 0.2) is 24.3 Å². The van der Waals surface area contributed by atoms with Crippen molar-refractivity contribution in [3.05, 3.63) is 29.8 Å². The normalized spacial score (nSPS) is 17.0. The third-order valence-electron chi connectivity index (χ3n) is 3.29. The van der Waals surface area contributed by atoms with Gasteiger partial charge in [-0.25, -0.2) is 10.3 Å². The Morgan fingerprint density at radius 3 is 2.57 bits per heavy atom. The molecule has 0 aliphatic carbocycles. The molecule has 0 radical (unpaired) electrons. The summed E-state index contributed by atoms with van der Waals surface area (Å²) in [5.74, 6) is -0.733. The van der Waals surface area contributed by atoms with Gasteiger partial charge in [-0.1, -0.05) is 0 Å². The minimum atomic E-state index is -1.10. The van der Waals surface area contributed by atoms with E-state index in [1.165, 1.54) is 17.6 Å². The Hall–Kier alpha value is -2.65. The summed E-state index contributed by atoms with van der Waals surface area (Å²) < 4.78 is 5.37. The molecule has 0 saturated carbocycles. The summed E-state index contributed by atoms with van der Waals surface area (Å²) in [6.45, 7) is 0.542. The lowest BCUT2D eigenvalue weighted by atomic mass is 10.2. The Bertz CT molecular complexity index is 589. The molecule has 0 unspecified atom stereocenters. The van der Waals surface area contributed by atoms with Crippen molar-refractivity contribution >= 4 is 17.8 Å². The van der Waals surface area contributed by atoms with Crippen LogP contribution in [0.3, 0.4) is 0 Å². The molecule has 2 rings (SSSR count). The first-order valence-electron chi connectivity index (χ1n) is 6.97. The lowest BCUT2D eigenvalue weighted by Gasteiger charge is -2.15. The van der Waals surface area contributed by atoms with E-state index in [0.717, 1.165) is 4.90 Å². The summed E-state index contributed by atoms with van der Waals surface area (Å²) in [7, 11) is 0. The molecule has 1 aromatic carbocycles. The number of ether oxygens (including phenoxy) is 1. The molecule has 9 heteroatoms. The SMILES string of the molecule is O=C(NO)c1ccc(OCCNC(=O)N2CC[C@@H](O)C2=O)cc1. The lowest BCUT2D eigenvalue weighted by molar-refractivity contribution is -0.132. The molecule has 1 aliphatic heterocycles. The first-order chi connectivity index (χ1) is 11.0. The fourth-order valence-electron chi connectivity index (χ4n) is 2.06. The largest absolute Gasteiger partial charge is 0.492 e. The highest BCUT2D eigenvalue weighted by molar-refractivity contribution is 5.98. The second kappa shape index (κ2) is 7.56. The molecule has 0 spiro atoms. The number of carbonyl (C=O) groups is 3. The quantitative estimate of drug-likeness (QED) is 0.328. The number of nitrogens with zero attached hydrogens (tertiary/aromatic N) is 1. The number of amides is 4. The molecular formula is C14H17N3O6. The highest BCUT2D eigenvalue weighted by atomic mass is 16.5. The number of hydrogen-bond donors (Lipinski definition) is 4. The summed E-state index contributed by atoms with van der Waals surface area (Å²) >= 11 is 0. The first kappa shape index (κ1) is 16.7. The third-order valence-corrected chi connectivity index (χ3v) is 3.29. The molecule has 4 amide bonds. The zero-order chi connectivity index (χ0) is 16.8. The van der Waals surface area contributed by atoms with E-state index >= 15 is 0 Å². The van der Waals surface area contributed by atoms with Gasteiger partial charge < -0.3 is 15.2 Å². The number of imide groups is 1. The van der Waals surface area contributed by atoms with E-state index in [-0.39, 0.29) is 31.7 Å². The smallest absolute Gasteiger partial charge is 0.324 e. The minimum Gasteiger partial charge on any atom is -0.492 e. The maximum absolute atomic E-state index is 11.7. The Morgan fingerprint density at radius 1 is 1.30 bits per heavy atom. The third kappa shape index (κ3) is 4.18. The second-order valence-corrected chi connectivity index (χ2v) is 4.84. The van der Waals surface area contributed by atoms with Crippen LogP contribution in [-0.4, -0.2) is 58.9 Å². The number of benzene rings is 1. The number of nitrogens with one attached hydrogen (secondary N) is 2. The van der Waals surface area contributed by atoms with Crippen molar-refractivity contribution in [2.75, 3.05) is 19.7 Å². The van der Waals surface area contributed by atoms with E-state index < -0.39 is 23.9 Å².